The second-order valence-electron chi connectivity index (χ2n) is 4.93. The van der Waals surface area contributed by atoms with Crippen LogP contribution in [0.5, 0.6) is 0 Å². The van der Waals surface area contributed by atoms with Gasteiger partial charge in [-0.05, 0) is 39.2 Å². The Morgan fingerprint density at radius 2 is 1.86 bits per heavy atom. The number of rotatable bonds is 2. The van der Waals surface area contributed by atoms with Gasteiger partial charge >= 0.3 is 0 Å². The maximum atomic E-state index is 6.29. The molecule has 2 aliphatic rings. The quantitative estimate of drug-likeness (QED) is 0.734. The van der Waals surface area contributed by atoms with Crippen LogP contribution in [-0.4, -0.2) is 25.3 Å². The molecule has 1 unspecified atom stereocenters. The van der Waals surface area contributed by atoms with Crippen molar-refractivity contribution in [1.82, 2.24) is 5.32 Å². The molecule has 2 rings (SSSR count). The van der Waals surface area contributed by atoms with Crippen molar-refractivity contribution in [3.05, 3.63) is 0 Å². The summed E-state index contributed by atoms with van der Waals surface area (Å²) in [6, 6.07) is 0. The van der Waals surface area contributed by atoms with Gasteiger partial charge in [-0.15, -0.1) is 0 Å². The highest BCUT2D eigenvalue weighted by Gasteiger charge is 2.37. The highest BCUT2D eigenvalue weighted by molar-refractivity contribution is 4.89. The molecule has 1 aliphatic carbocycles. The molecule has 0 radical (unpaired) electrons. The van der Waals surface area contributed by atoms with E-state index in [4.69, 9.17) is 4.74 Å². The van der Waals surface area contributed by atoms with E-state index in [9.17, 15) is 0 Å². The molecule has 1 N–H and O–H groups in total. The maximum Gasteiger partial charge on any atom is 0.0706 e. The lowest BCUT2D eigenvalue weighted by Crippen LogP contribution is -2.45. The molecule has 1 heterocycles. The summed E-state index contributed by atoms with van der Waals surface area (Å²) in [5, 5.41) is 3.23. The van der Waals surface area contributed by atoms with Crippen LogP contribution in [0, 0.1) is 0 Å². The first-order chi connectivity index (χ1) is 6.85. The van der Waals surface area contributed by atoms with Gasteiger partial charge < -0.3 is 10.1 Å². The van der Waals surface area contributed by atoms with Crippen LogP contribution in [0.1, 0.15) is 51.4 Å². The van der Waals surface area contributed by atoms with Crippen molar-refractivity contribution in [1.29, 1.82) is 0 Å². The van der Waals surface area contributed by atoms with E-state index in [0.29, 0.717) is 6.10 Å². The SMILES string of the molecule is CNCC1CCCC2(CCCCC2)O1. The minimum atomic E-state index is 0.290. The molecule has 14 heavy (non-hydrogen) atoms. The van der Waals surface area contributed by atoms with E-state index in [-0.39, 0.29) is 5.60 Å². The molecule has 0 aromatic heterocycles. The van der Waals surface area contributed by atoms with Crippen molar-refractivity contribution in [3.63, 3.8) is 0 Å². The predicted octanol–water partition coefficient (Wildman–Crippen LogP) is 2.48. The second kappa shape index (κ2) is 4.63. The molecule has 1 saturated heterocycles. The van der Waals surface area contributed by atoms with Gasteiger partial charge in [-0.25, -0.2) is 0 Å². The molecule has 2 nitrogen and oxygen atoms in total. The summed E-state index contributed by atoms with van der Waals surface area (Å²) in [5.74, 6) is 0. The summed E-state index contributed by atoms with van der Waals surface area (Å²) in [6.45, 7) is 1.03. The largest absolute Gasteiger partial charge is 0.370 e. The summed E-state index contributed by atoms with van der Waals surface area (Å²) in [7, 11) is 2.02. The number of likely N-dealkylation sites (N-methyl/N-ethyl adjacent to an activating group) is 1. The Morgan fingerprint density at radius 1 is 1.14 bits per heavy atom. The predicted molar refractivity (Wildman–Crippen MR) is 58.5 cm³/mol. The number of ether oxygens (including phenoxy) is 1. The Kier molecular flexibility index (Phi) is 3.45. The highest BCUT2D eigenvalue weighted by atomic mass is 16.5. The fourth-order valence-electron chi connectivity index (χ4n) is 3.06. The van der Waals surface area contributed by atoms with E-state index in [2.05, 4.69) is 5.32 Å². The van der Waals surface area contributed by atoms with E-state index in [0.717, 1.165) is 6.54 Å². The minimum Gasteiger partial charge on any atom is -0.370 e. The lowest BCUT2D eigenvalue weighted by Gasteiger charge is -2.44. The van der Waals surface area contributed by atoms with Crippen LogP contribution < -0.4 is 5.32 Å². The average molecular weight is 197 g/mol. The third kappa shape index (κ3) is 2.29. The Balaban J connectivity index is 1.91. The van der Waals surface area contributed by atoms with Crippen LogP contribution in [0.15, 0.2) is 0 Å². The molecule has 2 fully saturated rings. The molecule has 0 bridgehead atoms. The first-order valence-corrected chi connectivity index (χ1v) is 6.17. The third-order valence-corrected chi connectivity index (χ3v) is 3.77. The minimum absolute atomic E-state index is 0.290. The second-order valence-corrected chi connectivity index (χ2v) is 4.93. The van der Waals surface area contributed by atoms with Gasteiger partial charge in [0.15, 0.2) is 0 Å². The zero-order chi connectivity index (χ0) is 9.86. The van der Waals surface area contributed by atoms with Crippen molar-refractivity contribution in [3.8, 4) is 0 Å². The van der Waals surface area contributed by atoms with E-state index >= 15 is 0 Å². The monoisotopic (exact) mass is 197 g/mol. The van der Waals surface area contributed by atoms with Gasteiger partial charge in [0.2, 0.25) is 0 Å². The van der Waals surface area contributed by atoms with Crippen LogP contribution >= 0.6 is 0 Å². The van der Waals surface area contributed by atoms with Gasteiger partial charge in [0.05, 0.1) is 11.7 Å². The standard InChI is InChI=1S/C12H23NO/c1-13-10-11-6-5-9-12(14-11)7-3-2-4-8-12/h11,13H,2-10H2,1H3. The normalized spacial score (nSPS) is 31.9. The lowest BCUT2D eigenvalue weighted by molar-refractivity contribution is -0.143. The summed E-state index contributed by atoms with van der Waals surface area (Å²) in [4.78, 5) is 0. The summed E-state index contributed by atoms with van der Waals surface area (Å²) in [6.07, 6.45) is 11.2. The van der Waals surface area contributed by atoms with Crippen LogP contribution in [0.2, 0.25) is 0 Å². The lowest BCUT2D eigenvalue weighted by atomic mass is 9.79. The fraction of sp³-hybridized carbons (Fsp3) is 1.00. The molecule has 0 amide bonds. The van der Waals surface area contributed by atoms with E-state index in [1.165, 1.54) is 51.4 Å². The highest BCUT2D eigenvalue weighted by Crippen LogP contribution is 2.40. The first-order valence-electron chi connectivity index (χ1n) is 6.17. The Morgan fingerprint density at radius 3 is 2.57 bits per heavy atom. The molecular formula is C12H23NO. The van der Waals surface area contributed by atoms with Gasteiger partial charge in [0.25, 0.3) is 0 Å². The third-order valence-electron chi connectivity index (χ3n) is 3.77. The smallest absolute Gasteiger partial charge is 0.0706 e. The van der Waals surface area contributed by atoms with Gasteiger partial charge in [0.1, 0.15) is 0 Å². The van der Waals surface area contributed by atoms with Crippen molar-refractivity contribution in [2.24, 2.45) is 0 Å². The van der Waals surface area contributed by atoms with Crippen molar-refractivity contribution in [2.45, 2.75) is 63.1 Å². The van der Waals surface area contributed by atoms with Crippen molar-refractivity contribution < 1.29 is 4.74 Å². The van der Waals surface area contributed by atoms with E-state index < -0.39 is 0 Å². The molecule has 1 spiro atoms. The maximum absolute atomic E-state index is 6.29. The van der Waals surface area contributed by atoms with E-state index in [1.54, 1.807) is 0 Å². The Labute approximate surface area is 87.4 Å². The zero-order valence-electron chi connectivity index (χ0n) is 9.35. The van der Waals surface area contributed by atoms with Crippen LogP contribution in [-0.2, 0) is 4.74 Å². The van der Waals surface area contributed by atoms with Gasteiger partial charge in [-0.2, -0.15) is 0 Å². The topological polar surface area (TPSA) is 21.3 Å². The van der Waals surface area contributed by atoms with Crippen molar-refractivity contribution in [2.75, 3.05) is 13.6 Å². The molecule has 1 saturated carbocycles. The van der Waals surface area contributed by atoms with Crippen molar-refractivity contribution >= 4 is 0 Å². The molecule has 0 aromatic rings. The van der Waals surface area contributed by atoms with E-state index in [1.807, 2.05) is 7.05 Å². The molecule has 2 heteroatoms. The molecule has 1 atom stereocenters. The van der Waals surface area contributed by atoms with Crippen LogP contribution in [0.3, 0.4) is 0 Å². The Hall–Kier alpha value is -0.0800. The number of nitrogens with one attached hydrogen (secondary N) is 1. The fourth-order valence-corrected chi connectivity index (χ4v) is 3.06. The van der Waals surface area contributed by atoms with Crippen LogP contribution in [0.25, 0.3) is 0 Å². The van der Waals surface area contributed by atoms with Gasteiger partial charge in [-0.1, -0.05) is 19.3 Å². The van der Waals surface area contributed by atoms with Crippen LogP contribution in [0.4, 0.5) is 0 Å². The van der Waals surface area contributed by atoms with Gasteiger partial charge in [-0.3, -0.25) is 0 Å². The molecule has 0 aromatic carbocycles. The summed E-state index contributed by atoms with van der Waals surface area (Å²) < 4.78 is 6.29. The molecular weight excluding hydrogens is 174 g/mol. The molecule has 1 aliphatic heterocycles. The summed E-state index contributed by atoms with van der Waals surface area (Å²) >= 11 is 0. The molecule has 82 valence electrons. The van der Waals surface area contributed by atoms with Gasteiger partial charge in [0, 0.05) is 6.54 Å². The summed E-state index contributed by atoms with van der Waals surface area (Å²) in [5.41, 5.74) is 0.290. The Bertz CT molecular complexity index is 168. The zero-order valence-corrected chi connectivity index (χ0v) is 9.35. The first kappa shape index (κ1) is 10.4. The average Bonchev–Trinajstić information content (AvgIpc) is 2.19. The number of hydrogen-bond acceptors (Lipinski definition) is 2. The number of hydrogen-bond donors (Lipinski definition) is 1.